The molecule has 7 heteroatoms. The van der Waals surface area contributed by atoms with Crippen LogP contribution < -0.4 is 10.6 Å². The highest BCUT2D eigenvalue weighted by Gasteiger charge is 2.20. The van der Waals surface area contributed by atoms with Crippen molar-refractivity contribution in [3.05, 3.63) is 21.9 Å². The molecule has 4 nitrogen and oxygen atoms in total. The molecule has 1 fully saturated rings. The number of rotatable bonds is 7. The molecule has 3 rings (SSSR count). The molecule has 22 heavy (non-hydrogen) atoms. The molecule has 2 heterocycles. The van der Waals surface area contributed by atoms with E-state index in [-0.39, 0.29) is 30.7 Å². The molecule has 0 radical (unpaired) electrons. The minimum Gasteiger partial charge on any atom is -0.354 e. The summed E-state index contributed by atoms with van der Waals surface area (Å²) in [6.45, 7) is 5.32. The maximum absolute atomic E-state index is 11.7. The summed E-state index contributed by atoms with van der Waals surface area (Å²) in [5.41, 5.74) is 1.47. The smallest absolute Gasteiger partial charge is 0.234 e. The fourth-order valence-corrected chi connectivity index (χ4v) is 3.52. The number of nitrogens with one attached hydrogen (secondary N) is 2. The van der Waals surface area contributed by atoms with Crippen LogP contribution in [0.3, 0.4) is 0 Å². The minimum atomic E-state index is 0. The third-order valence-corrected chi connectivity index (χ3v) is 5.08. The van der Waals surface area contributed by atoms with Gasteiger partial charge in [0.15, 0.2) is 0 Å². The first kappa shape index (κ1) is 19.7. The van der Waals surface area contributed by atoms with Crippen LogP contribution in [0.15, 0.2) is 11.4 Å². The first-order chi connectivity index (χ1) is 9.81. The fourth-order valence-electron chi connectivity index (χ4n) is 2.63. The number of halogens is 2. The Kier molecular flexibility index (Phi) is 8.72. The Morgan fingerprint density at radius 3 is 2.95 bits per heavy atom. The molecular weight excluding hydrogens is 341 g/mol. The molecular formula is C15H25Cl2N3OS. The van der Waals surface area contributed by atoms with Crippen molar-refractivity contribution in [1.29, 1.82) is 0 Å². The van der Waals surface area contributed by atoms with Crippen LogP contribution in [0.4, 0.5) is 0 Å². The molecule has 1 amide bonds. The van der Waals surface area contributed by atoms with Gasteiger partial charge in [-0.3, -0.25) is 9.69 Å². The average Bonchev–Trinajstić information content (AvgIpc) is 3.14. The van der Waals surface area contributed by atoms with Crippen molar-refractivity contribution in [2.45, 2.75) is 25.8 Å². The normalized spacial score (nSPS) is 17.1. The monoisotopic (exact) mass is 365 g/mol. The van der Waals surface area contributed by atoms with Gasteiger partial charge in [-0.05, 0) is 48.7 Å². The zero-order chi connectivity index (χ0) is 13.8. The number of hydrogen-bond acceptors (Lipinski definition) is 4. The van der Waals surface area contributed by atoms with Gasteiger partial charge in [-0.2, -0.15) is 0 Å². The van der Waals surface area contributed by atoms with Gasteiger partial charge in [0.25, 0.3) is 0 Å². The van der Waals surface area contributed by atoms with Crippen LogP contribution >= 0.6 is 36.2 Å². The van der Waals surface area contributed by atoms with Gasteiger partial charge in [0, 0.05) is 31.1 Å². The third-order valence-electron chi connectivity index (χ3n) is 4.05. The number of carbonyl (C=O) groups excluding carboxylic acids is 1. The van der Waals surface area contributed by atoms with Crippen molar-refractivity contribution in [2.24, 2.45) is 5.92 Å². The van der Waals surface area contributed by atoms with Crippen LogP contribution in [0, 0.1) is 5.92 Å². The Morgan fingerprint density at radius 2 is 2.18 bits per heavy atom. The van der Waals surface area contributed by atoms with Crippen molar-refractivity contribution in [2.75, 3.05) is 32.7 Å². The highest BCUT2D eigenvalue weighted by Crippen LogP contribution is 2.27. The van der Waals surface area contributed by atoms with Crippen molar-refractivity contribution in [3.8, 4) is 0 Å². The van der Waals surface area contributed by atoms with Crippen molar-refractivity contribution in [1.82, 2.24) is 15.5 Å². The molecule has 1 aromatic rings. The van der Waals surface area contributed by atoms with E-state index in [1.807, 2.05) is 11.3 Å². The van der Waals surface area contributed by atoms with Gasteiger partial charge in [0.1, 0.15) is 0 Å². The van der Waals surface area contributed by atoms with Crippen LogP contribution in [-0.4, -0.2) is 43.5 Å². The van der Waals surface area contributed by atoms with E-state index in [0.29, 0.717) is 6.54 Å². The lowest BCUT2D eigenvalue weighted by Gasteiger charge is -2.26. The largest absolute Gasteiger partial charge is 0.354 e. The summed E-state index contributed by atoms with van der Waals surface area (Å²) in [4.78, 5) is 15.6. The minimum absolute atomic E-state index is 0. The van der Waals surface area contributed by atoms with E-state index in [0.717, 1.165) is 45.1 Å². The molecule has 0 atom stereocenters. The summed E-state index contributed by atoms with van der Waals surface area (Å²) < 4.78 is 0. The Labute approximate surface area is 148 Å². The molecule has 0 saturated heterocycles. The molecule has 0 spiro atoms. The lowest BCUT2D eigenvalue weighted by Crippen LogP contribution is -2.40. The van der Waals surface area contributed by atoms with E-state index in [9.17, 15) is 4.79 Å². The number of fused-ring (bicyclic) bond motifs is 1. The summed E-state index contributed by atoms with van der Waals surface area (Å²) in [5.74, 6) is 0.954. The van der Waals surface area contributed by atoms with Crippen LogP contribution in [-0.2, 0) is 17.8 Å². The molecule has 0 aromatic carbocycles. The quantitative estimate of drug-likeness (QED) is 0.777. The lowest BCUT2D eigenvalue weighted by molar-refractivity contribution is -0.120. The second-order valence-electron chi connectivity index (χ2n) is 5.82. The SMILES string of the molecule is Cl.Cl.O=C(CNCC1CC1)NCCN1CCc2sccc2C1. The molecule has 0 unspecified atom stereocenters. The van der Waals surface area contributed by atoms with Crippen LogP contribution in [0.25, 0.3) is 0 Å². The fraction of sp³-hybridized carbons (Fsp3) is 0.667. The summed E-state index contributed by atoms with van der Waals surface area (Å²) >= 11 is 1.87. The van der Waals surface area contributed by atoms with Gasteiger partial charge in [-0.15, -0.1) is 36.2 Å². The molecule has 1 aliphatic carbocycles. The van der Waals surface area contributed by atoms with Crippen molar-refractivity contribution < 1.29 is 4.79 Å². The lowest BCUT2D eigenvalue weighted by atomic mass is 10.1. The molecule has 1 aliphatic heterocycles. The summed E-state index contributed by atoms with van der Waals surface area (Å²) in [6, 6.07) is 2.23. The molecule has 126 valence electrons. The van der Waals surface area contributed by atoms with Gasteiger partial charge >= 0.3 is 0 Å². The highest BCUT2D eigenvalue weighted by molar-refractivity contribution is 7.10. The van der Waals surface area contributed by atoms with Crippen LogP contribution in [0.1, 0.15) is 23.3 Å². The van der Waals surface area contributed by atoms with Gasteiger partial charge in [0.2, 0.25) is 5.91 Å². The van der Waals surface area contributed by atoms with Crippen molar-refractivity contribution in [3.63, 3.8) is 0 Å². The number of hydrogen-bond donors (Lipinski definition) is 2. The Morgan fingerprint density at radius 1 is 1.36 bits per heavy atom. The number of carbonyl (C=O) groups is 1. The van der Waals surface area contributed by atoms with E-state index in [1.54, 1.807) is 0 Å². The van der Waals surface area contributed by atoms with E-state index in [4.69, 9.17) is 0 Å². The first-order valence-corrected chi connectivity index (χ1v) is 8.44. The maximum Gasteiger partial charge on any atom is 0.234 e. The Balaban J connectivity index is 0.00000121. The zero-order valence-corrected chi connectivity index (χ0v) is 15.1. The van der Waals surface area contributed by atoms with Gasteiger partial charge in [-0.25, -0.2) is 0 Å². The molecule has 0 bridgehead atoms. The average molecular weight is 366 g/mol. The highest BCUT2D eigenvalue weighted by atomic mass is 35.5. The summed E-state index contributed by atoms with van der Waals surface area (Å²) in [6.07, 6.45) is 3.81. The predicted molar refractivity (Wildman–Crippen MR) is 96.4 cm³/mol. The van der Waals surface area contributed by atoms with Crippen LogP contribution in [0.2, 0.25) is 0 Å². The van der Waals surface area contributed by atoms with Crippen molar-refractivity contribution >= 4 is 42.1 Å². The third kappa shape index (κ3) is 6.05. The Bertz CT molecular complexity index is 465. The van der Waals surface area contributed by atoms with E-state index in [2.05, 4.69) is 27.0 Å². The van der Waals surface area contributed by atoms with Crippen LogP contribution in [0.5, 0.6) is 0 Å². The molecule has 2 N–H and O–H groups in total. The molecule has 2 aliphatic rings. The number of nitrogens with zero attached hydrogens (tertiary/aromatic N) is 1. The molecule has 1 saturated carbocycles. The maximum atomic E-state index is 11.7. The number of amides is 1. The Hall–Kier alpha value is -0.330. The van der Waals surface area contributed by atoms with Gasteiger partial charge < -0.3 is 10.6 Å². The predicted octanol–water partition coefficient (Wildman–Crippen LogP) is 2.07. The van der Waals surface area contributed by atoms with E-state index in [1.165, 1.54) is 23.3 Å². The van der Waals surface area contributed by atoms with Gasteiger partial charge in [0.05, 0.1) is 6.54 Å². The second-order valence-corrected chi connectivity index (χ2v) is 6.82. The van der Waals surface area contributed by atoms with E-state index < -0.39 is 0 Å². The summed E-state index contributed by atoms with van der Waals surface area (Å²) in [5, 5.41) is 8.40. The zero-order valence-electron chi connectivity index (χ0n) is 12.7. The first-order valence-electron chi connectivity index (χ1n) is 7.56. The topological polar surface area (TPSA) is 44.4 Å². The second kappa shape index (κ2) is 9.73. The number of thiophene rings is 1. The van der Waals surface area contributed by atoms with Gasteiger partial charge in [-0.1, -0.05) is 0 Å². The van der Waals surface area contributed by atoms with E-state index >= 15 is 0 Å². The summed E-state index contributed by atoms with van der Waals surface area (Å²) in [7, 11) is 0. The molecule has 1 aromatic heterocycles. The standard InChI is InChI=1S/C15H23N3OS.2ClH/c19-15(10-16-9-12-1-2-12)17-5-7-18-6-3-14-13(11-18)4-8-20-14;;/h4,8,12,16H,1-3,5-7,9-11H2,(H,17,19);2*1H.